The Labute approximate surface area is 86.1 Å². The van der Waals surface area contributed by atoms with Gasteiger partial charge in [-0.3, -0.25) is 0 Å². The van der Waals surface area contributed by atoms with E-state index in [1.807, 2.05) is 6.07 Å². The molecule has 0 spiro atoms. The molecule has 2 rings (SSSR count). The van der Waals surface area contributed by atoms with Gasteiger partial charge in [-0.1, -0.05) is 45.4 Å². The molecule has 76 valence electrons. The number of para-hydroxylation sites is 1. The number of fused-ring (bicyclic) bond motifs is 1. The van der Waals surface area contributed by atoms with E-state index in [9.17, 15) is 0 Å². The number of benzene rings is 1. The van der Waals surface area contributed by atoms with Gasteiger partial charge in [0, 0.05) is 11.5 Å². The van der Waals surface area contributed by atoms with Gasteiger partial charge in [-0.05, 0) is 11.5 Å². The lowest BCUT2D eigenvalue weighted by molar-refractivity contribution is 0.218. The van der Waals surface area contributed by atoms with Crippen LogP contribution in [0.4, 0.5) is 0 Å². The van der Waals surface area contributed by atoms with Crippen LogP contribution in [0.1, 0.15) is 38.7 Å². The van der Waals surface area contributed by atoms with E-state index in [1.54, 1.807) is 0 Å². The van der Waals surface area contributed by atoms with Gasteiger partial charge in [-0.25, -0.2) is 0 Å². The summed E-state index contributed by atoms with van der Waals surface area (Å²) in [6, 6.07) is 8.41. The second-order valence-corrected chi connectivity index (χ2v) is 4.74. The molecule has 1 aliphatic heterocycles. The average Bonchev–Trinajstić information content (AvgIpc) is 2.61. The molecular weight excluding hydrogens is 172 g/mol. The van der Waals surface area contributed by atoms with Crippen LogP contribution in [-0.2, 0) is 0 Å². The van der Waals surface area contributed by atoms with Gasteiger partial charge in [-0.2, -0.15) is 0 Å². The maximum Gasteiger partial charge on any atom is 0.122 e. The molecular formula is C13H18O. The summed E-state index contributed by atoms with van der Waals surface area (Å²) in [6.07, 6.45) is 1.19. The molecule has 0 aromatic heterocycles. The highest BCUT2D eigenvalue weighted by Crippen LogP contribution is 2.45. The van der Waals surface area contributed by atoms with E-state index >= 15 is 0 Å². The van der Waals surface area contributed by atoms with E-state index in [0.29, 0.717) is 11.3 Å². The van der Waals surface area contributed by atoms with Crippen LogP contribution in [0, 0.1) is 5.41 Å². The summed E-state index contributed by atoms with van der Waals surface area (Å²) in [5.74, 6) is 1.64. The minimum Gasteiger partial charge on any atom is -0.493 e. The van der Waals surface area contributed by atoms with E-state index in [-0.39, 0.29) is 0 Å². The van der Waals surface area contributed by atoms with Crippen molar-refractivity contribution in [2.75, 3.05) is 6.61 Å². The average molecular weight is 190 g/mol. The van der Waals surface area contributed by atoms with Crippen LogP contribution < -0.4 is 4.74 Å². The van der Waals surface area contributed by atoms with Gasteiger partial charge in [0.1, 0.15) is 5.75 Å². The smallest absolute Gasteiger partial charge is 0.122 e. The topological polar surface area (TPSA) is 9.23 Å². The molecule has 0 saturated heterocycles. The van der Waals surface area contributed by atoms with Crippen molar-refractivity contribution < 1.29 is 4.74 Å². The molecule has 1 aromatic rings. The van der Waals surface area contributed by atoms with Crippen molar-refractivity contribution in [1.82, 2.24) is 0 Å². The molecule has 1 heterocycles. The van der Waals surface area contributed by atoms with Crippen LogP contribution in [0.2, 0.25) is 0 Å². The molecule has 1 nitrogen and oxygen atoms in total. The van der Waals surface area contributed by atoms with Crippen LogP contribution >= 0.6 is 0 Å². The van der Waals surface area contributed by atoms with Crippen LogP contribution in [0.15, 0.2) is 24.3 Å². The molecule has 1 aliphatic rings. The van der Waals surface area contributed by atoms with Crippen molar-refractivity contribution >= 4 is 0 Å². The molecule has 0 N–H and O–H groups in total. The fourth-order valence-corrected chi connectivity index (χ4v) is 2.06. The number of hydrogen-bond acceptors (Lipinski definition) is 1. The number of hydrogen-bond donors (Lipinski definition) is 0. The Morgan fingerprint density at radius 3 is 2.79 bits per heavy atom. The molecule has 0 radical (unpaired) electrons. The van der Waals surface area contributed by atoms with Gasteiger partial charge in [0.2, 0.25) is 0 Å². The molecule has 1 unspecified atom stereocenters. The molecule has 1 aromatic carbocycles. The lowest BCUT2D eigenvalue weighted by Gasteiger charge is -2.29. The Morgan fingerprint density at radius 2 is 2.07 bits per heavy atom. The first-order valence-electron chi connectivity index (χ1n) is 5.37. The van der Waals surface area contributed by atoms with Gasteiger partial charge >= 0.3 is 0 Å². The zero-order valence-corrected chi connectivity index (χ0v) is 9.21. The monoisotopic (exact) mass is 190 g/mol. The summed E-state index contributed by atoms with van der Waals surface area (Å²) in [4.78, 5) is 0. The molecule has 1 heteroatoms. The van der Waals surface area contributed by atoms with Gasteiger partial charge in [-0.15, -0.1) is 0 Å². The standard InChI is InChI=1S/C13H18O/c1-4-13(2,3)11-9-14-12-8-6-5-7-10(11)12/h5-8,11H,4,9H2,1-3H3. The van der Waals surface area contributed by atoms with E-state index in [4.69, 9.17) is 4.74 Å². The maximum absolute atomic E-state index is 5.70. The van der Waals surface area contributed by atoms with Crippen molar-refractivity contribution in [1.29, 1.82) is 0 Å². The summed E-state index contributed by atoms with van der Waals surface area (Å²) in [6.45, 7) is 7.74. The molecule has 1 atom stereocenters. The Kier molecular flexibility index (Phi) is 2.26. The molecule has 0 aliphatic carbocycles. The predicted molar refractivity (Wildman–Crippen MR) is 58.8 cm³/mol. The van der Waals surface area contributed by atoms with Gasteiger partial charge in [0.15, 0.2) is 0 Å². The fourth-order valence-electron chi connectivity index (χ4n) is 2.06. The normalized spacial score (nSPS) is 20.4. The Balaban J connectivity index is 2.35. The Morgan fingerprint density at radius 1 is 1.36 bits per heavy atom. The highest BCUT2D eigenvalue weighted by molar-refractivity contribution is 5.40. The van der Waals surface area contributed by atoms with E-state index in [2.05, 4.69) is 39.0 Å². The minimum absolute atomic E-state index is 0.340. The van der Waals surface area contributed by atoms with E-state index < -0.39 is 0 Å². The lowest BCUT2D eigenvalue weighted by atomic mass is 9.74. The van der Waals surface area contributed by atoms with Crippen LogP contribution in [-0.4, -0.2) is 6.61 Å². The summed E-state index contributed by atoms with van der Waals surface area (Å²) in [5.41, 5.74) is 1.73. The van der Waals surface area contributed by atoms with Crippen LogP contribution in [0.5, 0.6) is 5.75 Å². The van der Waals surface area contributed by atoms with Gasteiger partial charge < -0.3 is 4.74 Å². The summed E-state index contributed by atoms with van der Waals surface area (Å²) < 4.78 is 5.70. The maximum atomic E-state index is 5.70. The zero-order chi connectivity index (χ0) is 10.2. The molecule has 14 heavy (non-hydrogen) atoms. The Bertz CT molecular complexity index is 328. The second kappa shape index (κ2) is 3.30. The lowest BCUT2D eigenvalue weighted by Crippen LogP contribution is -2.22. The zero-order valence-electron chi connectivity index (χ0n) is 9.21. The first-order valence-corrected chi connectivity index (χ1v) is 5.37. The van der Waals surface area contributed by atoms with Crippen LogP contribution in [0.25, 0.3) is 0 Å². The fraction of sp³-hybridized carbons (Fsp3) is 0.538. The highest BCUT2D eigenvalue weighted by Gasteiger charge is 2.35. The van der Waals surface area contributed by atoms with Crippen LogP contribution in [0.3, 0.4) is 0 Å². The molecule has 0 bridgehead atoms. The molecule has 0 saturated carbocycles. The van der Waals surface area contributed by atoms with Crippen molar-refractivity contribution in [3.63, 3.8) is 0 Å². The van der Waals surface area contributed by atoms with Gasteiger partial charge in [0.25, 0.3) is 0 Å². The third kappa shape index (κ3) is 1.41. The summed E-state index contributed by atoms with van der Waals surface area (Å²) >= 11 is 0. The van der Waals surface area contributed by atoms with Crippen molar-refractivity contribution in [2.24, 2.45) is 5.41 Å². The molecule has 0 amide bonds. The summed E-state index contributed by atoms with van der Waals surface area (Å²) in [7, 11) is 0. The largest absolute Gasteiger partial charge is 0.493 e. The van der Waals surface area contributed by atoms with E-state index in [0.717, 1.165) is 12.4 Å². The second-order valence-electron chi connectivity index (χ2n) is 4.74. The van der Waals surface area contributed by atoms with Crippen molar-refractivity contribution in [2.45, 2.75) is 33.1 Å². The first kappa shape index (κ1) is 9.57. The first-order chi connectivity index (χ1) is 6.65. The SMILES string of the molecule is CCC(C)(C)C1COc2ccccc21. The predicted octanol–water partition coefficient (Wildman–Crippen LogP) is 3.60. The Hall–Kier alpha value is -0.980. The quantitative estimate of drug-likeness (QED) is 0.692. The minimum atomic E-state index is 0.340. The third-order valence-electron chi connectivity index (χ3n) is 3.55. The van der Waals surface area contributed by atoms with Crippen molar-refractivity contribution in [3.8, 4) is 5.75 Å². The summed E-state index contributed by atoms with van der Waals surface area (Å²) in [5, 5.41) is 0. The van der Waals surface area contributed by atoms with Gasteiger partial charge in [0.05, 0.1) is 6.61 Å². The molecule has 0 fully saturated rings. The third-order valence-corrected chi connectivity index (χ3v) is 3.55. The highest BCUT2D eigenvalue weighted by atomic mass is 16.5. The number of ether oxygens (including phenoxy) is 1. The van der Waals surface area contributed by atoms with Crippen molar-refractivity contribution in [3.05, 3.63) is 29.8 Å². The number of rotatable bonds is 2. The van der Waals surface area contributed by atoms with E-state index in [1.165, 1.54) is 12.0 Å².